The van der Waals surface area contributed by atoms with E-state index in [0.717, 1.165) is 10.2 Å². The van der Waals surface area contributed by atoms with Gasteiger partial charge in [-0.3, -0.25) is 4.90 Å². The number of rotatable bonds is 8. The number of benzene rings is 1. The molecule has 0 unspecified atom stereocenters. The molecule has 0 radical (unpaired) electrons. The molecule has 18 heavy (non-hydrogen) atoms. The molecule has 2 nitrogen and oxygen atoms in total. The average Bonchev–Trinajstić information content (AvgIpc) is 2.28. The minimum atomic E-state index is -2.31. The number of alkyl halides is 3. The first kappa shape index (κ1) is 15.9. The van der Waals surface area contributed by atoms with E-state index >= 15 is 0 Å². The summed E-state index contributed by atoms with van der Waals surface area (Å²) in [7, 11) is 0. The van der Waals surface area contributed by atoms with Gasteiger partial charge in [-0.15, -0.1) is 0 Å². The largest absolute Gasteiger partial charge is 0.492 e. The molecule has 0 aromatic heterocycles. The first-order chi connectivity index (χ1) is 8.61. The molecule has 0 heterocycles. The van der Waals surface area contributed by atoms with Crippen molar-refractivity contribution in [1.29, 1.82) is 0 Å². The van der Waals surface area contributed by atoms with Crippen molar-refractivity contribution >= 4 is 31.9 Å². The fourth-order valence-corrected chi connectivity index (χ4v) is 2.34. The van der Waals surface area contributed by atoms with Gasteiger partial charge in [0.05, 0.1) is 6.54 Å². The topological polar surface area (TPSA) is 12.5 Å². The van der Waals surface area contributed by atoms with Crippen molar-refractivity contribution in [2.45, 2.75) is 6.43 Å². The molecule has 0 aliphatic rings. The van der Waals surface area contributed by atoms with Gasteiger partial charge in [0.1, 0.15) is 12.4 Å². The standard InChI is InChI=1S/C12H15Br2F2NO/c13-4-5-17(9-12(15)16)6-7-18-11-3-1-2-10(14)8-11/h1-3,8,12H,4-7,9H2. The van der Waals surface area contributed by atoms with Crippen molar-refractivity contribution in [3.63, 3.8) is 0 Å². The Labute approximate surface area is 123 Å². The minimum Gasteiger partial charge on any atom is -0.492 e. The molecule has 0 aliphatic carbocycles. The van der Waals surface area contributed by atoms with Crippen molar-refractivity contribution in [3.8, 4) is 5.75 Å². The molecule has 1 aromatic carbocycles. The van der Waals surface area contributed by atoms with Crippen molar-refractivity contribution in [1.82, 2.24) is 4.90 Å². The molecule has 0 atom stereocenters. The lowest BCUT2D eigenvalue weighted by Gasteiger charge is -2.20. The van der Waals surface area contributed by atoms with E-state index in [1.807, 2.05) is 24.3 Å². The van der Waals surface area contributed by atoms with Gasteiger partial charge in [0.25, 0.3) is 6.43 Å². The van der Waals surface area contributed by atoms with Gasteiger partial charge >= 0.3 is 0 Å². The van der Waals surface area contributed by atoms with Crippen molar-refractivity contribution in [2.24, 2.45) is 0 Å². The molecule has 0 amide bonds. The second-order valence-electron chi connectivity index (χ2n) is 3.69. The first-order valence-corrected chi connectivity index (χ1v) is 7.48. The number of ether oxygens (including phenoxy) is 1. The summed E-state index contributed by atoms with van der Waals surface area (Å²) < 4.78 is 31.1. The van der Waals surface area contributed by atoms with Crippen LogP contribution in [0.3, 0.4) is 0 Å². The first-order valence-electron chi connectivity index (χ1n) is 5.56. The summed E-state index contributed by atoms with van der Waals surface area (Å²) in [5, 5.41) is 0.677. The summed E-state index contributed by atoms with van der Waals surface area (Å²) in [6, 6.07) is 7.46. The third-order valence-electron chi connectivity index (χ3n) is 2.27. The lowest BCUT2D eigenvalue weighted by molar-refractivity contribution is 0.0840. The summed E-state index contributed by atoms with van der Waals surface area (Å²) in [6.07, 6.45) is -2.31. The van der Waals surface area contributed by atoms with Gasteiger partial charge in [-0.25, -0.2) is 8.78 Å². The highest BCUT2D eigenvalue weighted by atomic mass is 79.9. The van der Waals surface area contributed by atoms with Crippen LogP contribution in [0, 0.1) is 0 Å². The molecule has 0 fully saturated rings. The highest BCUT2D eigenvalue weighted by Crippen LogP contribution is 2.17. The van der Waals surface area contributed by atoms with E-state index in [9.17, 15) is 8.78 Å². The van der Waals surface area contributed by atoms with Crippen LogP contribution in [0.2, 0.25) is 0 Å². The molecule has 102 valence electrons. The van der Waals surface area contributed by atoms with Crippen molar-refractivity contribution < 1.29 is 13.5 Å². The van der Waals surface area contributed by atoms with Crippen LogP contribution in [0.15, 0.2) is 28.7 Å². The van der Waals surface area contributed by atoms with Crippen LogP contribution in [-0.4, -0.2) is 42.9 Å². The smallest absolute Gasteiger partial charge is 0.251 e. The van der Waals surface area contributed by atoms with Gasteiger partial charge in [-0.2, -0.15) is 0 Å². The normalized spacial score (nSPS) is 11.2. The van der Waals surface area contributed by atoms with Gasteiger partial charge in [0.15, 0.2) is 0 Å². The van der Waals surface area contributed by atoms with E-state index in [1.54, 1.807) is 4.90 Å². The molecule has 0 aliphatic heterocycles. The van der Waals surface area contributed by atoms with Crippen LogP contribution in [0.1, 0.15) is 0 Å². The van der Waals surface area contributed by atoms with Gasteiger partial charge in [-0.05, 0) is 18.2 Å². The van der Waals surface area contributed by atoms with Gasteiger partial charge in [0, 0.05) is 22.9 Å². The Bertz CT molecular complexity index is 353. The Morgan fingerprint density at radius 2 is 2.06 bits per heavy atom. The van der Waals surface area contributed by atoms with Gasteiger partial charge in [-0.1, -0.05) is 37.9 Å². The lowest BCUT2D eigenvalue weighted by atomic mass is 10.3. The Morgan fingerprint density at radius 3 is 2.67 bits per heavy atom. The average molecular weight is 387 g/mol. The fraction of sp³-hybridized carbons (Fsp3) is 0.500. The minimum absolute atomic E-state index is 0.215. The lowest BCUT2D eigenvalue weighted by Crippen LogP contribution is -2.34. The maximum absolute atomic E-state index is 12.3. The number of hydrogen-bond acceptors (Lipinski definition) is 2. The Balaban J connectivity index is 2.33. The second-order valence-corrected chi connectivity index (χ2v) is 5.40. The fourth-order valence-electron chi connectivity index (χ4n) is 1.46. The molecule has 0 saturated carbocycles. The van der Waals surface area contributed by atoms with Crippen LogP contribution in [0.25, 0.3) is 0 Å². The zero-order valence-electron chi connectivity index (χ0n) is 9.79. The highest BCUT2D eigenvalue weighted by Gasteiger charge is 2.11. The summed E-state index contributed by atoms with van der Waals surface area (Å²) in [4.78, 5) is 1.68. The summed E-state index contributed by atoms with van der Waals surface area (Å²) in [5.41, 5.74) is 0. The number of halogens is 4. The highest BCUT2D eigenvalue weighted by molar-refractivity contribution is 9.10. The monoisotopic (exact) mass is 385 g/mol. The van der Waals surface area contributed by atoms with Crippen molar-refractivity contribution in [2.75, 3.05) is 31.6 Å². The molecular weight excluding hydrogens is 372 g/mol. The molecule has 0 N–H and O–H groups in total. The number of nitrogens with zero attached hydrogens (tertiary/aromatic N) is 1. The molecule has 1 aromatic rings. The third-order valence-corrected chi connectivity index (χ3v) is 3.12. The molecule has 1 rings (SSSR count). The Hall–Kier alpha value is -0.200. The zero-order valence-corrected chi connectivity index (χ0v) is 13.0. The molecule has 6 heteroatoms. The van der Waals surface area contributed by atoms with E-state index in [2.05, 4.69) is 31.9 Å². The SMILES string of the molecule is FC(F)CN(CCBr)CCOc1cccc(Br)c1. The van der Waals surface area contributed by atoms with E-state index in [0.29, 0.717) is 25.0 Å². The molecule has 0 spiro atoms. The zero-order chi connectivity index (χ0) is 13.4. The summed E-state index contributed by atoms with van der Waals surface area (Å²) in [6.45, 7) is 1.26. The van der Waals surface area contributed by atoms with Crippen LogP contribution < -0.4 is 4.74 Å². The molecule has 0 bridgehead atoms. The summed E-state index contributed by atoms with van der Waals surface area (Å²) in [5.74, 6) is 0.736. The third kappa shape index (κ3) is 6.66. The number of hydrogen-bond donors (Lipinski definition) is 0. The van der Waals surface area contributed by atoms with Crippen LogP contribution in [0.5, 0.6) is 5.75 Å². The molecular formula is C12H15Br2F2NO. The maximum atomic E-state index is 12.3. The van der Waals surface area contributed by atoms with Crippen LogP contribution in [0.4, 0.5) is 8.78 Å². The van der Waals surface area contributed by atoms with Crippen molar-refractivity contribution in [3.05, 3.63) is 28.7 Å². The molecule has 0 saturated heterocycles. The Kier molecular flexibility index (Phi) is 7.77. The van der Waals surface area contributed by atoms with E-state index < -0.39 is 6.43 Å². The van der Waals surface area contributed by atoms with E-state index in [-0.39, 0.29) is 6.54 Å². The van der Waals surface area contributed by atoms with E-state index in [4.69, 9.17) is 4.74 Å². The van der Waals surface area contributed by atoms with Crippen LogP contribution >= 0.6 is 31.9 Å². The van der Waals surface area contributed by atoms with Crippen LogP contribution in [-0.2, 0) is 0 Å². The predicted octanol–water partition coefficient (Wildman–Crippen LogP) is 3.79. The summed E-state index contributed by atoms with van der Waals surface area (Å²) >= 11 is 6.60. The predicted molar refractivity (Wildman–Crippen MR) is 75.9 cm³/mol. The van der Waals surface area contributed by atoms with Gasteiger partial charge in [0.2, 0.25) is 0 Å². The quantitative estimate of drug-likeness (QED) is 0.630. The van der Waals surface area contributed by atoms with E-state index in [1.165, 1.54) is 0 Å². The second kappa shape index (κ2) is 8.82. The maximum Gasteiger partial charge on any atom is 0.251 e. The van der Waals surface area contributed by atoms with Gasteiger partial charge < -0.3 is 4.74 Å². The Morgan fingerprint density at radius 1 is 1.28 bits per heavy atom.